The van der Waals surface area contributed by atoms with E-state index in [4.69, 9.17) is 0 Å². The molecule has 0 amide bonds. The van der Waals surface area contributed by atoms with Crippen LogP contribution in [-0.4, -0.2) is 26.2 Å². The Morgan fingerprint density at radius 3 is 3.00 bits per heavy atom. The van der Waals surface area contributed by atoms with Crippen LogP contribution in [0.5, 0.6) is 0 Å². The Labute approximate surface area is 100 Å². The summed E-state index contributed by atoms with van der Waals surface area (Å²) in [7, 11) is 1.37. The largest absolute Gasteiger partial charge is 0.468 e. The highest BCUT2D eigenvalue weighted by atomic mass is 19.1. The van der Waals surface area contributed by atoms with Gasteiger partial charge in [0.25, 0.3) is 0 Å². The maximum atomic E-state index is 13.7. The number of hydrogen-bond acceptors (Lipinski definition) is 3. The maximum absolute atomic E-state index is 13.7. The van der Waals surface area contributed by atoms with Crippen LogP contribution in [0.4, 0.5) is 10.1 Å². The number of aryl methyl sites for hydroxylation is 1. The van der Waals surface area contributed by atoms with Crippen LogP contribution in [0, 0.1) is 12.7 Å². The van der Waals surface area contributed by atoms with E-state index in [1.165, 1.54) is 13.2 Å². The lowest BCUT2D eigenvalue weighted by Crippen LogP contribution is -2.35. The molecule has 0 saturated carbocycles. The minimum absolute atomic E-state index is 0.180. The van der Waals surface area contributed by atoms with Crippen molar-refractivity contribution in [3.8, 4) is 0 Å². The van der Waals surface area contributed by atoms with Gasteiger partial charge in [0.2, 0.25) is 0 Å². The molecule has 4 heteroatoms. The van der Waals surface area contributed by atoms with Crippen molar-refractivity contribution in [3.63, 3.8) is 0 Å². The van der Waals surface area contributed by atoms with E-state index in [-0.39, 0.29) is 18.3 Å². The molecule has 3 nitrogen and oxygen atoms in total. The summed E-state index contributed by atoms with van der Waals surface area (Å²) in [5, 5.41) is 0. The number of ether oxygens (including phenoxy) is 1. The first-order valence-corrected chi connectivity index (χ1v) is 5.73. The molecule has 0 radical (unpaired) electrons. The van der Waals surface area contributed by atoms with Crippen molar-refractivity contribution in [3.05, 3.63) is 29.1 Å². The van der Waals surface area contributed by atoms with Crippen molar-refractivity contribution in [2.75, 3.05) is 25.1 Å². The standard InChI is InChI=1S/C13H16FNO2/c1-9-5-6-11(14)10-4-3-7-15(13(9)10)8-12(16)17-2/h5-6H,3-4,7-8H2,1-2H3. The van der Waals surface area contributed by atoms with Gasteiger partial charge in [-0.1, -0.05) is 6.07 Å². The summed E-state index contributed by atoms with van der Waals surface area (Å²) in [6, 6.07) is 3.25. The number of rotatable bonds is 2. The molecular formula is C13H16FNO2. The highest BCUT2D eigenvalue weighted by molar-refractivity contribution is 5.77. The van der Waals surface area contributed by atoms with Crippen LogP contribution >= 0.6 is 0 Å². The van der Waals surface area contributed by atoms with Gasteiger partial charge in [0.1, 0.15) is 12.4 Å². The molecule has 0 spiro atoms. The van der Waals surface area contributed by atoms with E-state index >= 15 is 0 Å². The summed E-state index contributed by atoms with van der Waals surface area (Å²) < 4.78 is 18.4. The quantitative estimate of drug-likeness (QED) is 0.737. The topological polar surface area (TPSA) is 29.5 Å². The fourth-order valence-electron chi connectivity index (χ4n) is 2.34. The predicted molar refractivity (Wildman–Crippen MR) is 63.7 cm³/mol. The molecule has 0 aromatic heterocycles. The minimum atomic E-state index is -0.290. The van der Waals surface area contributed by atoms with E-state index in [1.807, 2.05) is 11.8 Å². The lowest BCUT2D eigenvalue weighted by atomic mass is 9.97. The molecule has 0 saturated heterocycles. The number of hydrogen-bond donors (Lipinski definition) is 0. The first-order valence-electron chi connectivity index (χ1n) is 5.73. The van der Waals surface area contributed by atoms with Gasteiger partial charge in [0, 0.05) is 17.8 Å². The zero-order valence-corrected chi connectivity index (χ0v) is 10.1. The molecule has 1 aromatic rings. The Kier molecular flexibility index (Phi) is 3.31. The SMILES string of the molecule is COC(=O)CN1CCCc2c(F)ccc(C)c21. The van der Waals surface area contributed by atoms with Crippen LogP contribution in [-0.2, 0) is 16.0 Å². The number of nitrogens with zero attached hydrogens (tertiary/aromatic N) is 1. The molecule has 1 heterocycles. The van der Waals surface area contributed by atoms with Gasteiger partial charge in [-0.2, -0.15) is 0 Å². The number of halogens is 1. The second-order valence-electron chi connectivity index (χ2n) is 4.29. The molecule has 0 atom stereocenters. The lowest BCUT2D eigenvalue weighted by Gasteiger charge is -2.32. The Hall–Kier alpha value is -1.58. The smallest absolute Gasteiger partial charge is 0.325 e. The highest BCUT2D eigenvalue weighted by Gasteiger charge is 2.23. The number of esters is 1. The van der Waals surface area contributed by atoms with Gasteiger partial charge in [0.05, 0.1) is 7.11 Å². The number of methoxy groups -OCH3 is 1. The molecule has 2 rings (SSSR count). The fraction of sp³-hybridized carbons (Fsp3) is 0.462. The minimum Gasteiger partial charge on any atom is -0.468 e. The molecule has 0 bridgehead atoms. The summed E-state index contributed by atoms with van der Waals surface area (Å²) >= 11 is 0. The highest BCUT2D eigenvalue weighted by Crippen LogP contribution is 2.32. The van der Waals surface area contributed by atoms with Crippen LogP contribution in [0.3, 0.4) is 0 Å². The number of carbonyl (C=O) groups is 1. The number of carbonyl (C=O) groups excluding carboxylic acids is 1. The van der Waals surface area contributed by atoms with E-state index in [9.17, 15) is 9.18 Å². The summed E-state index contributed by atoms with van der Waals surface area (Å²) in [5.74, 6) is -0.471. The van der Waals surface area contributed by atoms with Crippen molar-refractivity contribution in [2.45, 2.75) is 19.8 Å². The normalized spacial score (nSPS) is 14.4. The van der Waals surface area contributed by atoms with Crippen LogP contribution in [0.15, 0.2) is 12.1 Å². The molecule has 1 aromatic carbocycles. The molecule has 17 heavy (non-hydrogen) atoms. The molecule has 92 valence electrons. The lowest BCUT2D eigenvalue weighted by molar-refractivity contribution is -0.138. The van der Waals surface area contributed by atoms with Crippen LogP contribution in [0.25, 0.3) is 0 Å². The Bertz CT molecular complexity index is 445. The summed E-state index contributed by atoms with van der Waals surface area (Å²) in [6.45, 7) is 2.90. The average molecular weight is 237 g/mol. The Balaban J connectivity index is 2.36. The van der Waals surface area contributed by atoms with E-state index in [1.54, 1.807) is 6.07 Å². The van der Waals surface area contributed by atoms with Crippen LogP contribution < -0.4 is 4.90 Å². The van der Waals surface area contributed by atoms with Crippen molar-refractivity contribution < 1.29 is 13.9 Å². The average Bonchev–Trinajstić information content (AvgIpc) is 2.34. The molecule has 1 aliphatic rings. The third kappa shape index (κ3) is 2.25. The number of anilines is 1. The molecule has 0 fully saturated rings. The van der Waals surface area contributed by atoms with Crippen LogP contribution in [0.1, 0.15) is 17.5 Å². The van der Waals surface area contributed by atoms with Crippen molar-refractivity contribution in [1.29, 1.82) is 0 Å². The molecule has 0 aliphatic carbocycles. The van der Waals surface area contributed by atoms with Gasteiger partial charge < -0.3 is 9.64 Å². The number of fused-ring (bicyclic) bond motifs is 1. The summed E-state index contributed by atoms with van der Waals surface area (Å²) in [6.07, 6.45) is 1.60. The van der Waals surface area contributed by atoms with Crippen LogP contribution in [0.2, 0.25) is 0 Å². The second kappa shape index (κ2) is 4.73. The van der Waals surface area contributed by atoms with E-state index < -0.39 is 0 Å². The molecule has 0 unspecified atom stereocenters. The zero-order valence-electron chi connectivity index (χ0n) is 10.1. The summed E-state index contributed by atoms with van der Waals surface area (Å²) in [5.41, 5.74) is 2.59. The van der Waals surface area contributed by atoms with Gasteiger partial charge in [0.15, 0.2) is 0 Å². The summed E-state index contributed by atoms with van der Waals surface area (Å²) in [4.78, 5) is 13.2. The molecular weight excluding hydrogens is 221 g/mol. The third-order valence-corrected chi connectivity index (χ3v) is 3.15. The van der Waals surface area contributed by atoms with E-state index in [0.29, 0.717) is 0 Å². The van der Waals surface area contributed by atoms with E-state index in [2.05, 4.69) is 4.74 Å². The second-order valence-corrected chi connectivity index (χ2v) is 4.29. The molecule has 1 aliphatic heterocycles. The van der Waals surface area contributed by atoms with Crippen molar-refractivity contribution in [1.82, 2.24) is 0 Å². The van der Waals surface area contributed by atoms with Gasteiger partial charge in [-0.15, -0.1) is 0 Å². The van der Waals surface area contributed by atoms with Gasteiger partial charge >= 0.3 is 5.97 Å². The van der Waals surface area contributed by atoms with Gasteiger partial charge in [-0.05, 0) is 31.4 Å². The Morgan fingerprint density at radius 1 is 1.53 bits per heavy atom. The maximum Gasteiger partial charge on any atom is 0.325 e. The van der Waals surface area contributed by atoms with Gasteiger partial charge in [-0.25, -0.2) is 4.39 Å². The number of benzene rings is 1. The molecule has 0 N–H and O–H groups in total. The predicted octanol–water partition coefficient (Wildman–Crippen LogP) is 2.06. The zero-order chi connectivity index (χ0) is 12.4. The van der Waals surface area contributed by atoms with Crippen molar-refractivity contribution in [2.24, 2.45) is 0 Å². The van der Waals surface area contributed by atoms with E-state index in [0.717, 1.165) is 36.2 Å². The first kappa shape index (κ1) is 11.9. The Morgan fingerprint density at radius 2 is 2.29 bits per heavy atom. The van der Waals surface area contributed by atoms with Gasteiger partial charge in [-0.3, -0.25) is 4.79 Å². The third-order valence-electron chi connectivity index (χ3n) is 3.15. The first-order chi connectivity index (χ1) is 8.13. The fourth-order valence-corrected chi connectivity index (χ4v) is 2.34. The van der Waals surface area contributed by atoms with Crippen molar-refractivity contribution >= 4 is 11.7 Å². The monoisotopic (exact) mass is 237 g/mol.